The number of hydrogen-bond donors (Lipinski definition) is 0. The van der Waals surface area contributed by atoms with Crippen molar-refractivity contribution < 1.29 is 1.37 Å². The van der Waals surface area contributed by atoms with E-state index >= 15 is 0 Å². The fourth-order valence-corrected chi connectivity index (χ4v) is 3.20. The van der Waals surface area contributed by atoms with Crippen molar-refractivity contribution in [3.05, 3.63) is 69.2 Å². The first kappa shape index (κ1) is 11.5. The van der Waals surface area contributed by atoms with Gasteiger partial charge in [0.25, 0.3) is 5.56 Å². The van der Waals surface area contributed by atoms with Gasteiger partial charge in [0.15, 0.2) is 0 Å². The molecular formula is C17H13ClN2O. The van der Waals surface area contributed by atoms with Gasteiger partial charge < -0.3 is 0 Å². The number of halogens is 1. The van der Waals surface area contributed by atoms with Gasteiger partial charge in [0.05, 0.1) is 23.4 Å². The molecule has 21 heavy (non-hydrogen) atoms. The molecule has 0 spiro atoms. The Balaban J connectivity index is 2.24. The lowest BCUT2D eigenvalue weighted by Crippen LogP contribution is -2.25. The van der Waals surface area contributed by atoms with Crippen molar-refractivity contribution in [3.63, 3.8) is 0 Å². The summed E-state index contributed by atoms with van der Waals surface area (Å²) in [6.07, 6.45) is 0. The van der Waals surface area contributed by atoms with Crippen molar-refractivity contribution in [2.24, 2.45) is 0 Å². The highest BCUT2D eigenvalue weighted by Crippen LogP contribution is 2.40. The van der Waals surface area contributed by atoms with E-state index in [1.807, 2.05) is 38.1 Å². The van der Waals surface area contributed by atoms with E-state index in [0.717, 1.165) is 11.3 Å². The SMILES string of the molecule is [2H]c1c(Cl)ccc2c(=O)n3c(nc12)C(C)(C)c1ccccc1-3. The molecule has 3 nitrogen and oxygen atoms in total. The Bertz CT molecular complexity index is 1010. The van der Waals surface area contributed by atoms with Gasteiger partial charge in [0.2, 0.25) is 0 Å². The number of nitrogens with zero attached hydrogens (tertiary/aromatic N) is 2. The number of aromatic nitrogens is 2. The Morgan fingerprint density at radius 2 is 2.00 bits per heavy atom. The van der Waals surface area contributed by atoms with Crippen molar-refractivity contribution in [2.45, 2.75) is 19.3 Å². The lowest BCUT2D eigenvalue weighted by Gasteiger charge is -2.18. The Kier molecular flexibility index (Phi) is 2.17. The Labute approximate surface area is 128 Å². The Morgan fingerprint density at radius 3 is 2.81 bits per heavy atom. The fourth-order valence-electron chi connectivity index (χ4n) is 3.05. The summed E-state index contributed by atoms with van der Waals surface area (Å²) < 4.78 is 9.75. The van der Waals surface area contributed by atoms with E-state index in [9.17, 15) is 4.79 Å². The molecule has 0 fully saturated rings. The third-order valence-electron chi connectivity index (χ3n) is 4.13. The number of hydrogen-bond acceptors (Lipinski definition) is 2. The molecule has 0 amide bonds. The van der Waals surface area contributed by atoms with Crippen LogP contribution in [0.2, 0.25) is 5.02 Å². The van der Waals surface area contributed by atoms with E-state index in [-0.39, 0.29) is 11.6 Å². The topological polar surface area (TPSA) is 34.9 Å². The lowest BCUT2D eigenvalue weighted by atomic mass is 9.85. The number of benzene rings is 2. The molecule has 4 rings (SSSR count). The van der Waals surface area contributed by atoms with Gasteiger partial charge in [-0.2, -0.15) is 0 Å². The summed E-state index contributed by atoms with van der Waals surface area (Å²) in [4.78, 5) is 17.6. The van der Waals surface area contributed by atoms with Gasteiger partial charge in [-0.25, -0.2) is 4.98 Å². The fraction of sp³-hybridized carbons (Fsp3) is 0.176. The minimum Gasteiger partial charge on any atom is -0.268 e. The van der Waals surface area contributed by atoms with Crippen LogP contribution in [0.25, 0.3) is 16.6 Å². The largest absolute Gasteiger partial charge is 0.268 e. The Hall–Kier alpha value is -2.13. The molecule has 0 bridgehead atoms. The van der Waals surface area contributed by atoms with Gasteiger partial charge >= 0.3 is 0 Å². The van der Waals surface area contributed by atoms with Crippen LogP contribution >= 0.6 is 11.6 Å². The normalized spacial score (nSPS) is 15.7. The van der Waals surface area contributed by atoms with Crippen LogP contribution in [0, 0.1) is 0 Å². The van der Waals surface area contributed by atoms with E-state index in [4.69, 9.17) is 13.0 Å². The highest BCUT2D eigenvalue weighted by Gasteiger charge is 2.38. The predicted octanol–water partition coefficient (Wildman–Crippen LogP) is 3.68. The molecule has 1 aliphatic heterocycles. The zero-order valence-electron chi connectivity index (χ0n) is 12.6. The zero-order valence-corrected chi connectivity index (χ0v) is 12.4. The van der Waals surface area contributed by atoms with Gasteiger partial charge in [-0.3, -0.25) is 9.36 Å². The summed E-state index contributed by atoms with van der Waals surface area (Å²) in [5.41, 5.74) is 1.75. The second-order valence-corrected chi connectivity index (χ2v) is 6.19. The number of rotatable bonds is 0. The first-order chi connectivity index (χ1) is 10.4. The van der Waals surface area contributed by atoms with E-state index in [0.29, 0.717) is 21.7 Å². The molecule has 2 heterocycles. The molecular weight excluding hydrogens is 284 g/mol. The standard InChI is InChI=1S/C17H13ClN2O/c1-17(2)12-5-3-4-6-14(12)20-15(21)11-8-7-10(18)9-13(11)19-16(17)20/h3-9H,1-2H3/i9D. The molecule has 0 unspecified atom stereocenters. The lowest BCUT2D eigenvalue weighted by molar-refractivity contribution is 0.610. The van der Waals surface area contributed by atoms with Crippen molar-refractivity contribution in [2.75, 3.05) is 0 Å². The van der Waals surface area contributed by atoms with E-state index in [2.05, 4.69) is 4.98 Å². The van der Waals surface area contributed by atoms with Gasteiger partial charge in [-0.15, -0.1) is 0 Å². The highest BCUT2D eigenvalue weighted by molar-refractivity contribution is 6.31. The molecule has 2 aromatic carbocycles. The van der Waals surface area contributed by atoms with Gasteiger partial charge in [-0.05, 0) is 43.7 Å². The summed E-state index contributed by atoms with van der Waals surface area (Å²) in [6.45, 7) is 4.08. The van der Waals surface area contributed by atoms with Crippen LogP contribution in [0.15, 0.2) is 47.2 Å². The van der Waals surface area contributed by atoms with Gasteiger partial charge in [0.1, 0.15) is 5.82 Å². The van der Waals surface area contributed by atoms with E-state index in [1.165, 1.54) is 0 Å². The number of para-hydroxylation sites is 1. The van der Waals surface area contributed by atoms with Crippen LogP contribution in [0.3, 0.4) is 0 Å². The molecule has 3 aromatic rings. The first-order valence-electron chi connectivity index (χ1n) is 7.25. The third kappa shape index (κ3) is 1.55. The molecule has 4 heteroatoms. The maximum absolute atomic E-state index is 12.9. The quantitative estimate of drug-likeness (QED) is 0.634. The van der Waals surface area contributed by atoms with Crippen LogP contribution in [-0.4, -0.2) is 9.55 Å². The minimum atomic E-state index is -0.390. The van der Waals surface area contributed by atoms with E-state index < -0.39 is 5.41 Å². The van der Waals surface area contributed by atoms with Crippen LogP contribution in [0.5, 0.6) is 0 Å². The average Bonchev–Trinajstić information content (AvgIpc) is 2.73. The minimum absolute atomic E-state index is 0.103. The molecule has 0 N–H and O–H groups in total. The summed E-state index contributed by atoms with van der Waals surface area (Å²) in [6, 6.07) is 11.2. The maximum Gasteiger partial charge on any atom is 0.266 e. The van der Waals surface area contributed by atoms with Crippen LogP contribution in [0.4, 0.5) is 0 Å². The summed E-state index contributed by atoms with van der Waals surface area (Å²) >= 11 is 6.01. The molecule has 1 aliphatic rings. The Morgan fingerprint density at radius 1 is 1.24 bits per heavy atom. The zero-order chi connectivity index (χ0) is 15.6. The third-order valence-corrected chi connectivity index (χ3v) is 4.35. The molecule has 104 valence electrons. The molecule has 0 saturated heterocycles. The highest BCUT2D eigenvalue weighted by atomic mass is 35.5. The molecule has 0 aliphatic carbocycles. The summed E-state index contributed by atoms with van der Waals surface area (Å²) in [5.74, 6) is 0.655. The number of fused-ring (bicyclic) bond motifs is 4. The van der Waals surface area contributed by atoms with Crippen LogP contribution in [-0.2, 0) is 5.41 Å². The molecule has 0 saturated carbocycles. The van der Waals surface area contributed by atoms with Gasteiger partial charge in [-0.1, -0.05) is 29.8 Å². The summed E-state index contributed by atoms with van der Waals surface area (Å²) in [7, 11) is 0. The second-order valence-electron chi connectivity index (χ2n) is 5.79. The monoisotopic (exact) mass is 297 g/mol. The van der Waals surface area contributed by atoms with Crippen molar-refractivity contribution in [1.29, 1.82) is 0 Å². The smallest absolute Gasteiger partial charge is 0.266 e. The predicted molar refractivity (Wildman–Crippen MR) is 84.5 cm³/mol. The maximum atomic E-state index is 12.9. The second kappa shape index (κ2) is 3.95. The molecule has 1 aromatic heterocycles. The van der Waals surface area contributed by atoms with Crippen molar-refractivity contribution >= 4 is 22.5 Å². The van der Waals surface area contributed by atoms with Crippen LogP contribution < -0.4 is 5.56 Å². The van der Waals surface area contributed by atoms with Crippen molar-refractivity contribution in [1.82, 2.24) is 9.55 Å². The first-order valence-corrected chi connectivity index (χ1v) is 7.13. The van der Waals surface area contributed by atoms with E-state index in [1.54, 1.807) is 16.7 Å². The molecule has 0 atom stereocenters. The van der Waals surface area contributed by atoms with Gasteiger partial charge in [0, 0.05) is 5.02 Å². The van der Waals surface area contributed by atoms with Crippen LogP contribution in [0.1, 0.15) is 26.6 Å². The van der Waals surface area contributed by atoms with Crippen molar-refractivity contribution in [3.8, 4) is 5.69 Å². The molecule has 0 radical (unpaired) electrons. The average molecular weight is 298 g/mol. The summed E-state index contributed by atoms with van der Waals surface area (Å²) in [5, 5.41) is 0.725.